The number of hydrogen-bond donors (Lipinski definition) is 1. The third-order valence-corrected chi connectivity index (χ3v) is 4.94. The molecule has 1 aliphatic heterocycles. The van der Waals surface area contributed by atoms with Crippen LogP contribution < -0.4 is 5.32 Å². The molecule has 0 spiro atoms. The van der Waals surface area contributed by atoms with Crippen molar-refractivity contribution in [1.29, 1.82) is 0 Å². The first-order valence-corrected chi connectivity index (χ1v) is 8.48. The number of rotatable bonds is 4. The molecule has 6 nitrogen and oxygen atoms in total. The molecule has 0 radical (unpaired) electrons. The maximum Gasteiger partial charge on any atom is 0.337 e. The van der Waals surface area contributed by atoms with E-state index in [1.54, 1.807) is 4.90 Å². The number of nitrogens with one attached hydrogen (secondary N) is 1. The smallest absolute Gasteiger partial charge is 0.337 e. The van der Waals surface area contributed by atoms with Gasteiger partial charge in [-0.1, -0.05) is 12.8 Å². The fourth-order valence-corrected chi connectivity index (χ4v) is 3.58. The molecule has 2 fully saturated rings. The van der Waals surface area contributed by atoms with Crippen molar-refractivity contribution in [3.05, 3.63) is 29.6 Å². The number of nitrogens with zero attached hydrogens (tertiary/aromatic N) is 1. The summed E-state index contributed by atoms with van der Waals surface area (Å²) in [5, 5.41) is 2.50. The Morgan fingerprint density at radius 3 is 2.68 bits per heavy atom. The van der Waals surface area contributed by atoms with Crippen LogP contribution in [0.4, 0.5) is 10.1 Å². The topological polar surface area (TPSA) is 75.7 Å². The van der Waals surface area contributed by atoms with E-state index in [1.807, 2.05) is 0 Å². The molecule has 0 aromatic heterocycles. The van der Waals surface area contributed by atoms with E-state index in [0.717, 1.165) is 31.7 Å². The Hall–Kier alpha value is -2.44. The summed E-state index contributed by atoms with van der Waals surface area (Å²) in [6.45, 7) is 0.369. The highest BCUT2D eigenvalue weighted by Gasteiger charge is 2.38. The van der Waals surface area contributed by atoms with Gasteiger partial charge in [0.1, 0.15) is 5.82 Å². The number of ether oxygens (including phenoxy) is 1. The van der Waals surface area contributed by atoms with Crippen LogP contribution in [0.25, 0.3) is 0 Å². The maximum absolute atomic E-state index is 13.9. The average Bonchev–Trinajstić information content (AvgIpc) is 3.25. The molecule has 2 aliphatic rings. The van der Waals surface area contributed by atoms with Gasteiger partial charge in [0.05, 0.1) is 24.3 Å². The van der Waals surface area contributed by atoms with Crippen LogP contribution in [0.2, 0.25) is 0 Å². The van der Waals surface area contributed by atoms with Crippen LogP contribution in [0.15, 0.2) is 18.2 Å². The lowest BCUT2D eigenvalue weighted by Gasteiger charge is -2.23. The fraction of sp³-hybridized carbons (Fsp3) is 0.500. The predicted molar refractivity (Wildman–Crippen MR) is 88.4 cm³/mol. The minimum atomic E-state index is -0.641. The molecule has 1 unspecified atom stereocenters. The summed E-state index contributed by atoms with van der Waals surface area (Å²) in [6, 6.07) is 3.86. The lowest BCUT2D eigenvalue weighted by Crippen LogP contribution is -2.35. The Morgan fingerprint density at radius 1 is 1.28 bits per heavy atom. The quantitative estimate of drug-likeness (QED) is 0.848. The number of hydrogen-bond acceptors (Lipinski definition) is 4. The van der Waals surface area contributed by atoms with Gasteiger partial charge in [-0.15, -0.1) is 0 Å². The molecule has 7 heteroatoms. The van der Waals surface area contributed by atoms with Crippen molar-refractivity contribution >= 4 is 23.5 Å². The van der Waals surface area contributed by atoms with Gasteiger partial charge in [-0.3, -0.25) is 9.59 Å². The zero-order valence-electron chi connectivity index (χ0n) is 14.1. The number of likely N-dealkylation sites (tertiary alicyclic amines) is 1. The SMILES string of the molecule is COC(=O)c1ccc(F)c(NC(=O)C2CC(=O)N(C3CCCC3)C2)c1. The van der Waals surface area contributed by atoms with Crippen molar-refractivity contribution in [3.8, 4) is 0 Å². The molecule has 0 bridgehead atoms. The summed E-state index contributed by atoms with van der Waals surface area (Å²) in [4.78, 5) is 38.0. The van der Waals surface area contributed by atoms with E-state index < -0.39 is 23.6 Å². The molecule has 134 valence electrons. The first-order valence-electron chi connectivity index (χ1n) is 8.48. The molecule has 3 rings (SSSR count). The molecule has 1 aromatic carbocycles. The number of benzene rings is 1. The summed E-state index contributed by atoms with van der Waals surface area (Å²) in [5.74, 6) is -2.18. The molecule has 1 aromatic rings. The average molecular weight is 348 g/mol. The van der Waals surface area contributed by atoms with E-state index in [0.29, 0.717) is 6.54 Å². The Labute approximate surface area is 145 Å². The molecule has 1 atom stereocenters. The zero-order chi connectivity index (χ0) is 18.0. The van der Waals surface area contributed by atoms with Crippen molar-refractivity contribution in [2.45, 2.75) is 38.1 Å². The lowest BCUT2D eigenvalue weighted by molar-refractivity contribution is -0.129. The van der Waals surface area contributed by atoms with Crippen molar-refractivity contribution in [1.82, 2.24) is 4.90 Å². The van der Waals surface area contributed by atoms with E-state index in [4.69, 9.17) is 0 Å². The van der Waals surface area contributed by atoms with Crippen LogP contribution in [-0.2, 0) is 14.3 Å². The highest BCUT2D eigenvalue weighted by Crippen LogP contribution is 2.30. The Balaban J connectivity index is 1.68. The molecule has 2 amide bonds. The fourth-order valence-electron chi connectivity index (χ4n) is 3.58. The number of halogens is 1. The monoisotopic (exact) mass is 348 g/mol. The number of carbonyl (C=O) groups excluding carboxylic acids is 3. The summed E-state index contributed by atoms with van der Waals surface area (Å²) in [7, 11) is 1.23. The Bertz CT molecular complexity index is 700. The Morgan fingerprint density at radius 2 is 2.00 bits per heavy atom. The predicted octanol–water partition coefficient (Wildman–Crippen LogP) is 2.34. The summed E-state index contributed by atoms with van der Waals surface area (Å²) >= 11 is 0. The number of carbonyl (C=O) groups is 3. The number of anilines is 1. The highest BCUT2D eigenvalue weighted by molar-refractivity contribution is 5.98. The first-order chi connectivity index (χ1) is 12.0. The van der Waals surface area contributed by atoms with E-state index in [2.05, 4.69) is 10.1 Å². The van der Waals surface area contributed by atoms with Crippen LogP contribution in [0.3, 0.4) is 0 Å². The van der Waals surface area contributed by atoms with Gasteiger partial charge in [0.15, 0.2) is 0 Å². The van der Waals surface area contributed by atoms with Gasteiger partial charge in [0.25, 0.3) is 0 Å². The van der Waals surface area contributed by atoms with Gasteiger partial charge < -0.3 is 15.0 Å². The summed E-state index contributed by atoms with van der Waals surface area (Å²) < 4.78 is 18.5. The van der Waals surface area contributed by atoms with Gasteiger partial charge in [0.2, 0.25) is 11.8 Å². The van der Waals surface area contributed by atoms with E-state index in [1.165, 1.54) is 19.2 Å². The van der Waals surface area contributed by atoms with Crippen LogP contribution in [-0.4, -0.2) is 42.4 Å². The number of amides is 2. The van der Waals surface area contributed by atoms with Crippen LogP contribution >= 0.6 is 0 Å². The summed E-state index contributed by atoms with van der Waals surface area (Å²) in [6.07, 6.45) is 4.32. The first kappa shape index (κ1) is 17.4. The molecular formula is C18H21FN2O4. The van der Waals surface area contributed by atoms with Crippen molar-refractivity contribution < 1.29 is 23.5 Å². The molecule has 1 heterocycles. The molecule has 25 heavy (non-hydrogen) atoms. The zero-order valence-corrected chi connectivity index (χ0v) is 14.1. The second-order valence-corrected chi connectivity index (χ2v) is 6.56. The minimum absolute atomic E-state index is 0.0177. The van der Waals surface area contributed by atoms with Crippen molar-refractivity contribution in [2.75, 3.05) is 19.0 Å². The Kier molecular flexibility index (Phi) is 5.01. The standard InChI is InChI=1S/C18H21FN2O4/c1-25-18(24)11-6-7-14(19)15(8-11)20-17(23)12-9-16(22)21(10-12)13-4-2-3-5-13/h6-8,12-13H,2-5,9-10H2,1H3,(H,20,23). The molecular weight excluding hydrogens is 327 g/mol. The van der Waals surface area contributed by atoms with Crippen LogP contribution in [0, 0.1) is 11.7 Å². The van der Waals surface area contributed by atoms with Crippen LogP contribution in [0.1, 0.15) is 42.5 Å². The number of esters is 1. The van der Waals surface area contributed by atoms with E-state index in [-0.39, 0.29) is 29.6 Å². The minimum Gasteiger partial charge on any atom is -0.465 e. The molecule has 1 saturated heterocycles. The van der Waals surface area contributed by atoms with Gasteiger partial charge in [0, 0.05) is 19.0 Å². The van der Waals surface area contributed by atoms with Crippen molar-refractivity contribution in [3.63, 3.8) is 0 Å². The molecule has 1 aliphatic carbocycles. The third kappa shape index (κ3) is 3.65. The van der Waals surface area contributed by atoms with Crippen molar-refractivity contribution in [2.24, 2.45) is 5.92 Å². The lowest BCUT2D eigenvalue weighted by atomic mass is 10.1. The second kappa shape index (κ2) is 7.21. The second-order valence-electron chi connectivity index (χ2n) is 6.56. The van der Waals surface area contributed by atoms with Gasteiger partial charge in [-0.05, 0) is 31.0 Å². The maximum atomic E-state index is 13.9. The number of methoxy groups -OCH3 is 1. The van der Waals surface area contributed by atoms with Crippen LogP contribution in [0.5, 0.6) is 0 Å². The summed E-state index contributed by atoms with van der Waals surface area (Å²) in [5.41, 5.74) is 0.0638. The normalized spacial score (nSPS) is 20.8. The molecule has 1 N–H and O–H groups in total. The van der Waals surface area contributed by atoms with Gasteiger partial charge in [-0.2, -0.15) is 0 Å². The van der Waals surface area contributed by atoms with Gasteiger partial charge in [-0.25, -0.2) is 9.18 Å². The third-order valence-electron chi connectivity index (χ3n) is 4.94. The highest BCUT2D eigenvalue weighted by atomic mass is 19.1. The largest absolute Gasteiger partial charge is 0.465 e. The molecule has 1 saturated carbocycles. The van der Waals surface area contributed by atoms with E-state index >= 15 is 0 Å². The van der Waals surface area contributed by atoms with E-state index in [9.17, 15) is 18.8 Å². The van der Waals surface area contributed by atoms with Gasteiger partial charge >= 0.3 is 5.97 Å².